The Morgan fingerprint density at radius 1 is 1.06 bits per heavy atom. The van der Waals surface area contributed by atoms with Crippen LogP contribution in [0.2, 0.25) is 0 Å². The average Bonchev–Trinajstić information content (AvgIpc) is 3.33. The largest absolute Gasteiger partial charge is 0.453 e. The van der Waals surface area contributed by atoms with Crippen molar-refractivity contribution < 1.29 is 19.1 Å². The lowest BCUT2D eigenvalue weighted by Gasteiger charge is -2.31. The number of fused-ring (bicyclic) bond motifs is 1. The molecule has 35 heavy (non-hydrogen) atoms. The van der Waals surface area contributed by atoms with E-state index in [1.54, 1.807) is 19.1 Å². The van der Waals surface area contributed by atoms with Crippen LogP contribution >= 0.6 is 0 Å². The number of benzene rings is 1. The third-order valence-electron chi connectivity index (χ3n) is 6.57. The molecule has 0 atom stereocenters. The van der Waals surface area contributed by atoms with Crippen LogP contribution in [-0.4, -0.2) is 83.2 Å². The molecule has 2 saturated heterocycles. The highest BCUT2D eigenvalue weighted by atomic mass is 16.5. The maximum atomic E-state index is 11.8. The highest BCUT2D eigenvalue weighted by Gasteiger charge is 2.27. The summed E-state index contributed by atoms with van der Waals surface area (Å²) in [5.41, 5.74) is 2.24. The molecule has 184 valence electrons. The summed E-state index contributed by atoms with van der Waals surface area (Å²) in [4.78, 5) is 37.2. The summed E-state index contributed by atoms with van der Waals surface area (Å²) >= 11 is 0. The Hall–Kier alpha value is -3.73. The van der Waals surface area contributed by atoms with Crippen molar-refractivity contribution in [3.05, 3.63) is 30.5 Å². The number of carbonyl (C=O) groups is 2. The van der Waals surface area contributed by atoms with E-state index in [9.17, 15) is 9.59 Å². The van der Waals surface area contributed by atoms with Crippen molar-refractivity contribution in [2.24, 2.45) is 0 Å². The molecule has 2 aromatic heterocycles. The van der Waals surface area contributed by atoms with E-state index >= 15 is 0 Å². The molecular weight excluding hydrogens is 450 g/mol. The highest BCUT2D eigenvalue weighted by molar-refractivity contribution is 5.89. The molecule has 3 aromatic rings. The molecule has 0 spiro atoms. The van der Waals surface area contributed by atoms with E-state index in [4.69, 9.17) is 19.8 Å². The number of morpholine rings is 1. The first kappa shape index (κ1) is 23.0. The number of nitrogens with one attached hydrogen (secondary N) is 1. The van der Waals surface area contributed by atoms with E-state index in [0.717, 1.165) is 48.3 Å². The highest BCUT2D eigenvalue weighted by Crippen LogP contribution is 2.32. The quantitative estimate of drug-likeness (QED) is 0.608. The average molecular weight is 480 g/mol. The van der Waals surface area contributed by atoms with Crippen LogP contribution < -0.4 is 10.2 Å². The summed E-state index contributed by atoms with van der Waals surface area (Å²) in [6.45, 7) is 5.82. The molecule has 11 heteroatoms. The molecule has 11 nitrogen and oxygen atoms in total. The van der Waals surface area contributed by atoms with Gasteiger partial charge in [-0.05, 0) is 37.1 Å². The number of nitrogens with zero attached hydrogens (tertiary/aromatic N) is 6. The zero-order valence-corrected chi connectivity index (χ0v) is 19.9. The predicted molar refractivity (Wildman–Crippen MR) is 130 cm³/mol. The van der Waals surface area contributed by atoms with Gasteiger partial charge < -0.3 is 19.3 Å². The number of piperidine rings is 1. The van der Waals surface area contributed by atoms with Crippen molar-refractivity contribution in [2.75, 3.05) is 56.7 Å². The molecule has 0 unspecified atom stereocenters. The first-order valence-corrected chi connectivity index (χ1v) is 11.8. The smallest absolute Gasteiger partial charge is 0.411 e. The number of hydrogen-bond acceptors (Lipinski definition) is 8. The van der Waals surface area contributed by atoms with Gasteiger partial charge in [-0.1, -0.05) is 0 Å². The van der Waals surface area contributed by atoms with Crippen molar-refractivity contribution in [1.29, 1.82) is 0 Å². The molecule has 2 amide bonds. The number of likely N-dealkylation sites (tertiary alicyclic amines) is 1. The number of methoxy groups -OCH3 is 1. The lowest BCUT2D eigenvalue weighted by Crippen LogP contribution is -2.38. The molecule has 5 rings (SSSR count). The van der Waals surface area contributed by atoms with Crippen LogP contribution in [0.5, 0.6) is 0 Å². The Kier molecular flexibility index (Phi) is 6.49. The minimum absolute atomic E-state index is 0.109. The van der Waals surface area contributed by atoms with E-state index in [1.807, 2.05) is 27.9 Å². The first-order chi connectivity index (χ1) is 17.0. The normalized spacial score (nSPS) is 17.0. The van der Waals surface area contributed by atoms with Gasteiger partial charge in [0.15, 0.2) is 11.5 Å². The zero-order chi connectivity index (χ0) is 24.4. The van der Waals surface area contributed by atoms with Gasteiger partial charge in [-0.3, -0.25) is 10.1 Å². The summed E-state index contributed by atoms with van der Waals surface area (Å²) < 4.78 is 12.2. The second-order valence-corrected chi connectivity index (χ2v) is 8.73. The Bertz CT molecular complexity index is 1210. The maximum absolute atomic E-state index is 11.8. The molecule has 1 N–H and O–H groups in total. The van der Waals surface area contributed by atoms with Gasteiger partial charge in [-0.2, -0.15) is 5.10 Å². The summed E-state index contributed by atoms with van der Waals surface area (Å²) in [7, 11) is 1.33. The van der Waals surface area contributed by atoms with Crippen LogP contribution in [-0.2, 0) is 14.3 Å². The SMILES string of the molecule is COC(=O)Nc1ccc(-c2nc(N3CCOCC3)c3cnn(C4CCN(C(C)=O)CC4)c3n2)cc1. The summed E-state index contributed by atoms with van der Waals surface area (Å²) in [6, 6.07) is 7.50. The van der Waals surface area contributed by atoms with Crippen LogP contribution in [0.1, 0.15) is 25.8 Å². The molecule has 0 bridgehead atoms. The van der Waals surface area contributed by atoms with Crippen LogP contribution in [0.3, 0.4) is 0 Å². The molecular formula is C24H29N7O4. The van der Waals surface area contributed by atoms with E-state index in [2.05, 4.69) is 15.0 Å². The van der Waals surface area contributed by atoms with Crippen LogP contribution in [0.4, 0.5) is 16.3 Å². The number of ether oxygens (including phenoxy) is 2. The second-order valence-electron chi connectivity index (χ2n) is 8.73. The monoisotopic (exact) mass is 479 g/mol. The number of amides is 2. The van der Waals surface area contributed by atoms with Gasteiger partial charge in [0.05, 0.1) is 37.9 Å². The van der Waals surface area contributed by atoms with Gasteiger partial charge in [0.2, 0.25) is 5.91 Å². The second kappa shape index (κ2) is 9.87. The van der Waals surface area contributed by atoms with Crippen molar-refractivity contribution in [3.63, 3.8) is 0 Å². The number of anilines is 2. The summed E-state index contributed by atoms with van der Waals surface area (Å²) in [5.74, 6) is 1.54. The number of hydrogen-bond donors (Lipinski definition) is 1. The molecule has 1 aromatic carbocycles. The third-order valence-corrected chi connectivity index (χ3v) is 6.57. The fourth-order valence-corrected chi connectivity index (χ4v) is 4.62. The first-order valence-electron chi connectivity index (χ1n) is 11.8. The van der Waals surface area contributed by atoms with Gasteiger partial charge in [0.1, 0.15) is 5.82 Å². The Balaban J connectivity index is 1.52. The number of carbonyl (C=O) groups excluding carboxylic acids is 2. The van der Waals surface area contributed by atoms with Crippen molar-refractivity contribution >= 4 is 34.5 Å². The molecule has 0 aliphatic carbocycles. The minimum atomic E-state index is -0.523. The third kappa shape index (κ3) is 4.76. The lowest BCUT2D eigenvalue weighted by molar-refractivity contribution is -0.130. The zero-order valence-electron chi connectivity index (χ0n) is 19.9. The Labute approximate surface area is 203 Å². The molecule has 0 radical (unpaired) electrons. The molecule has 0 saturated carbocycles. The van der Waals surface area contributed by atoms with Gasteiger partial charge >= 0.3 is 6.09 Å². The molecule has 2 aliphatic rings. The van der Waals surface area contributed by atoms with E-state index in [1.165, 1.54) is 7.11 Å². The Morgan fingerprint density at radius 2 is 1.77 bits per heavy atom. The maximum Gasteiger partial charge on any atom is 0.411 e. The fourth-order valence-electron chi connectivity index (χ4n) is 4.62. The number of rotatable bonds is 4. The standard InChI is InChI=1S/C24H29N7O4/c1-16(32)29-9-7-19(8-10-29)31-23-20(15-25-31)22(30-11-13-35-14-12-30)27-21(28-23)17-3-5-18(6-4-17)26-24(33)34-2/h3-6,15,19H,7-14H2,1-2H3,(H,26,33). The molecule has 2 aliphatic heterocycles. The molecule has 2 fully saturated rings. The topological polar surface area (TPSA) is 115 Å². The van der Waals surface area contributed by atoms with Crippen molar-refractivity contribution in [1.82, 2.24) is 24.6 Å². The van der Waals surface area contributed by atoms with Gasteiger partial charge in [0.25, 0.3) is 0 Å². The fraction of sp³-hybridized carbons (Fsp3) is 0.458. The van der Waals surface area contributed by atoms with E-state index in [0.29, 0.717) is 37.8 Å². The van der Waals surface area contributed by atoms with Gasteiger partial charge in [0, 0.05) is 44.4 Å². The number of aromatic nitrogens is 4. The minimum Gasteiger partial charge on any atom is -0.453 e. The predicted octanol–water partition coefficient (Wildman–Crippen LogP) is 2.69. The van der Waals surface area contributed by atoms with Crippen molar-refractivity contribution in [2.45, 2.75) is 25.8 Å². The van der Waals surface area contributed by atoms with E-state index < -0.39 is 6.09 Å². The van der Waals surface area contributed by atoms with Crippen LogP contribution in [0, 0.1) is 0 Å². The van der Waals surface area contributed by atoms with E-state index in [-0.39, 0.29) is 11.9 Å². The lowest BCUT2D eigenvalue weighted by atomic mass is 10.1. The summed E-state index contributed by atoms with van der Waals surface area (Å²) in [6.07, 6.45) is 2.99. The summed E-state index contributed by atoms with van der Waals surface area (Å²) in [5, 5.41) is 8.29. The molecule has 4 heterocycles. The van der Waals surface area contributed by atoms with Gasteiger partial charge in [-0.15, -0.1) is 0 Å². The van der Waals surface area contributed by atoms with Crippen molar-refractivity contribution in [3.8, 4) is 11.4 Å². The van der Waals surface area contributed by atoms with Gasteiger partial charge in [-0.25, -0.2) is 19.4 Å². The Morgan fingerprint density at radius 3 is 2.43 bits per heavy atom. The van der Waals surface area contributed by atoms with Crippen LogP contribution in [0.25, 0.3) is 22.4 Å². The van der Waals surface area contributed by atoms with Crippen LogP contribution in [0.15, 0.2) is 30.5 Å².